The first kappa shape index (κ1) is 9.19. The Kier molecular flexibility index (Phi) is 2.81. The third-order valence-electron chi connectivity index (χ3n) is 1.75. The molecule has 0 amide bonds. The summed E-state index contributed by atoms with van der Waals surface area (Å²) in [5, 5.41) is 3.84. The van der Waals surface area contributed by atoms with Gasteiger partial charge < -0.3 is 10.3 Å². The third kappa shape index (κ3) is 1.82. The van der Waals surface area contributed by atoms with Crippen molar-refractivity contribution < 1.29 is 4.52 Å². The molecule has 0 saturated carbocycles. The summed E-state index contributed by atoms with van der Waals surface area (Å²) in [6.07, 6.45) is 0. The average molecular weight is 169 g/mol. The van der Waals surface area contributed by atoms with Gasteiger partial charge >= 0.3 is 0 Å². The van der Waals surface area contributed by atoms with E-state index in [-0.39, 0.29) is 5.92 Å². The summed E-state index contributed by atoms with van der Waals surface area (Å²) in [7, 11) is 0. The molecule has 1 rings (SSSR count). The van der Waals surface area contributed by atoms with E-state index in [9.17, 15) is 0 Å². The first-order valence-electron chi connectivity index (χ1n) is 4.18. The normalized spacial score (nSPS) is 13.8. The largest absolute Gasteiger partial charge is 0.339 e. The third-order valence-corrected chi connectivity index (χ3v) is 1.75. The molecule has 0 saturated heterocycles. The maximum atomic E-state index is 5.46. The van der Waals surface area contributed by atoms with Crippen molar-refractivity contribution in [2.45, 2.75) is 32.6 Å². The molecule has 1 aromatic rings. The lowest BCUT2D eigenvalue weighted by Gasteiger charge is -1.99. The number of rotatable bonds is 3. The molecular weight excluding hydrogens is 154 g/mol. The second kappa shape index (κ2) is 3.67. The number of nitrogens with two attached hydrogens (primary N) is 1. The second-order valence-corrected chi connectivity index (χ2v) is 3.28. The fourth-order valence-electron chi connectivity index (χ4n) is 0.783. The summed E-state index contributed by atoms with van der Waals surface area (Å²) < 4.78 is 5.04. The first-order chi connectivity index (χ1) is 5.65. The lowest BCUT2D eigenvalue weighted by molar-refractivity contribution is 0.355. The number of aromatic nitrogens is 2. The van der Waals surface area contributed by atoms with Crippen LogP contribution in [0.1, 0.15) is 44.3 Å². The maximum Gasteiger partial charge on any atom is 0.230 e. The molecule has 4 nitrogen and oxygen atoms in total. The predicted molar refractivity (Wildman–Crippen MR) is 45.9 cm³/mol. The molecule has 0 aliphatic heterocycles. The van der Waals surface area contributed by atoms with Gasteiger partial charge in [-0.25, -0.2) is 0 Å². The van der Waals surface area contributed by atoms with Gasteiger partial charge in [-0.3, -0.25) is 0 Å². The van der Waals surface area contributed by atoms with Gasteiger partial charge in [-0.15, -0.1) is 0 Å². The lowest BCUT2D eigenvalue weighted by atomic mass is 10.2. The van der Waals surface area contributed by atoms with E-state index in [0.29, 0.717) is 18.4 Å². The molecule has 0 spiro atoms. The minimum Gasteiger partial charge on any atom is -0.339 e. The molecule has 1 unspecified atom stereocenters. The van der Waals surface area contributed by atoms with Crippen LogP contribution >= 0.6 is 0 Å². The highest BCUT2D eigenvalue weighted by Gasteiger charge is 2.13. The van der Waals surface area contributed by atoms with Crippen LogP contribution in [0.5, 0.6) is 0 Å². The zero-order valence-electron chi connectivity index (χ0n) is 7.74. The molecule has 0 aromatic carbocycles. The Hall–Kier alpha value is -0.900. The van der Waals surface area contributed by atoms with E-state index in [0.717, 1.165) is 5.82 Å². The van der Waals surface area contributed by atoms with Gasteiger partial charge in [0.1, 0.15) is 0 Å². The van der Waals surface area contributed by atoms with Crippen LogP contribution in [0, 0.1) is 0 Å². The van der Waals surface area contributed by atoms with Crippen LogP contribution in [0.4, 0.5) is 0 Å². The van der Waals surface area contributed by atoms with E-state index >= 15 is 0 Å². The molecule has 1 atom stereocenters. The summed E-state index contributed by atoms with van der Waals surface area (Å²) in [5.74, 6) is 1.86. The Labute approximate surface area is 72.1 Å². The number of hydrogen-bond acceptors (Lipinski definition) is 4. The van der Waals surface area contributed by atoms with E-state index in [1.165, 1.54) is 0 Å². The molecule has 0 fully saturated rings. The van der Waals surface area contributed by atoms with Crippen molar-refractivity contribution >= 4 is 0 Å². The standard InChI is InChI=1S/C8H15N3O/c1-5(2)7-10-8(12-11-7)6(3)4-9/h5-6H,4,9H2,1-3H3. The summed E-state index contributed by atoms with van der Waals surface area (Å²) in [5.41, 5.74) is 5.46. The van der Waals surface area contributed by atoms with Crippen LogP contribution in [0.3, 0.4) is 0 Å². The molecular formula is C8H15N3O. The molecule has 4 heteroatoms. The minimum absolute atomic E-state index is 0.157. The van der Waals surface area contributed by atoms with Gasteiger partial charge in [0.15, 0.2) is 5.82 Å². The summed E-state index contributed by atoms with van der Waals surface area (Å²) in [6.45, 7) is 6.57. The highest BCUT2D eigenvalue weighted by atomic mass is 16.5. The molecule has 0 aliphatic rings. The van der Waals surface area contributed by atoms with Crippen LogP contribution in [0.25, 0.3) is 0 Å². The molecule has 0 bridgehead atoms. The van der Waals surface area contributed by atoms with Gasteiger partial charge in [0.05, 0.1) is 0 Å². The highest BCUT2D eigenvalue weighted by molar-refractivity contribution is 4.95. The van der Waals surface area contributed by atoms with Crippen molar-refractivity contribution in [1.82, 2.24) is 10.1 Å². The average Bonchev–Trinajstić information content (AvgIpc) is 2.51. The topological polar surface area (TPSA) is 64.9 Å². The van der Waals surface area contributed by atoms with Crippen LogP contribution < -0.4 is 5.73 Å². The van der Waals surface area contributed by atoms with Crippen LogP contribution in [-0.2, 0) is 0 Å². The molecule has 0 aliphatic carbocycles. The molecule has 1 aromatic heterocycles. The first-order valence-corrected chi connectivity index (χ1v) is 4.18. The van der Waals surface area contributed by atoms with Gasteiger partial charge in [0.2, 0.25) is 5.89 Å². The molecule has 0 radical (unpaired) electrons. The van der Waals surface area contributed by atoms with Crippen LogP contribution in [0.2, 0.25) is 0 Å². The van der Waals surface area contributed by atoms with Gasteiger partial charge in [-0.1, -0.05) is 25.9 Å². The van der Waals surface area contributed by atoms with Crippen molar-refractivity contribution in [1.29, 1.82) is 0 Å². The predicted octanol–water partition coefficient (Wildman–Crippen LogP) is 1.26. The van der Waals surface area contributed by atoms with Gasteiger partial charge in [0, 0.05) is 18.4 Å². The van der Waals surface area contributed by atoms with E-state index in [1.807, 2.05) is 20.8 Å². The van der Waals surface area contributed by atoms with E-state index < -0.39 is 0 Å². The minimum atomic E-state index is 0.157. The van der Waals surface area contributed by atoms with E-state index in [1.54, 1.807) is 0 Å². The molecule has 1 heterocycles. The monoisotopic (exact) mass is 169 g/mol. The quantitative estimate of drug-likeness (QED) is 0.739. The van der Waals surface area contributed by atoms with Gasteiger partial charge in [-0.2, -0.15) is 4.98 Å². The highest BCUT2D eigenvalue weighted by Crippen LogP contribution is 2.15. The zero-order valence-corrected chi connectivity index (χ0v) is 7.74. The SMILES string of the molecule is CC(C)c1noc(C(C)CN)n1. The lowest BCUT2D eigenvalue weighted by Crippen LogP contribution is -2.09. The van der Waals surface area contributed by atoms with Crippen molar-refractivity contribution in [3.8, 4) is 0 Å². The van der Waals surface area contributed by atoms with Crippen LogP contribution in [0.15, 0.2) is 4.52 Å². The Morgan fingerprint density at radius 1 is 1.42 bits per heavy atom. The van der Waals surface area contributed by atoms with Crippen molar-refractivity contribution in [2.24, 2.45) is 5.73 Å². The second-order valence-electron chi connectivity index (χ2n) is 3.28. The Morgan fingerprint density at radius 3 is 2.50 bits per heavy atom. The van der Waals surface area contributed by atoms with E-state index in [4.69, 9.17) is 10.3 Å². The Balaban J connectivity index is 2.77. The number of nitrogens with zero attached hydrogens (tertiary/aromatic N) is 2. The van der Waals surface area contributed by atoms with Crippen LogP contribution in [-0.4, -0.2) is 16.7 Å². The molecule has 68 valence electrons. The molecule has 2 N–H and O–H groups in total. The van der Waals surface area contributed by atoms with Crippen molar-refractivity contribution in [3.05, 3.63) is 11.7 Å². The summed E-state index contributed by atoms with van der Waals surface area (Å²) in [6, 6.07) is 0. The molecule has 12 heavy (non-hydrogen) atoms. The van der Waals surface area contributed by atoms with Gasteiger partial charge in [-0.05, 0) is 0 Å². The van der Waals surface area contributed by atoms with Gasteiger partial charge in [0.25, 0.3) is 0 Å². The smallest absolute Gasteiger partial charge is 0.230 e. The number of hydrogen-bond donors (Lipinski definition) is 1. The van der Waals surface area contributed by atoms with E-state index in [2.05, 4.69) is 10.1 Å². The Bertz CT molecular complexity index is 244. The zero-order chi connectivity index (χ0) is 9.14. The van der Waals surface area contributed by atoms with Crippen molar-refractivity contribution in [2.75, 3.05) is 6.54 Å². The fraction of sp³-hybridized carbons (Fsp3) is 0.750. The van der Waals surface area contributed by atoms with Crippen molar-refractivity contribution in [3.63, 3.8) is 0 Å². The maximum absolute atomic E-state index is 5.46. The Morgan fingerprint density at radius 2 is 2.08 bits per heavy atom. The summed E-state index contributed by atoms with van der Waals surface area (Å²) >= 11 is 0. The fourth-order valence-corrected chi connectivity index (χ4v) is 0.783. The summed E-state index contributed by atoms with van der Waals surface area (Å²) in [4.78, 5) is 4.22.